The first-order valence-electron chi connectivity index (χ1n) is 13.0. The third-order valence-corrected chi connectivity index (χ3v) is 7.33. The number of benzene rings is 4. The van der Waals surface area contributed by atoms with Gasteiger partial charge in [-0.25, -0.2) is 14.8 Å². The second-order valence-electron chi connectivity index (χ2n) is 8.98. The number of nitrogens with one attached hydrogen (secondary N) is 2. The number of thiazole rings is 1. The number of nitrogens with zero attached hydrogens (tertiary/aromatic N) is 2. The molecule has 0 radical (unpaired) electrons. The van der Waals surface area contributed by atoms with Crippen molar-refractivity contribution in [2.75, 3.05) is 11.9 Å². The van der Waals surface area contributed by atoms with Crippen LogP contribution in [0.1, 0.15) is 28.4 Å². The Labute approximate surface area is 255 Å². The number of carbonyl (C=O) groups excluding carboxylic acids is 1. The molecule has 4 aromatic carbocycles. The minimum atomic E-state index is -0.342. The quantitative estimate of drug-likeness (QED) is 0.112. The standard InChI is InChI=1S/C32H26BrFN4O3S/c1-2-40-29-17-22(16-27(33)30(29)41-19-21-8-14-25(34)15-9-21)18-35-38-31(39)24-12-10-23(11-13-24)28-20-42-32(37-28)36-26-6-4-3-5-7-26/h3-18,20H,2,19H2,1H3,(H,36,37)(H,38,39)/b35-18-. The summed E-state index contributed by atoms with van der Waals surface area (Å²) in [5.41, 5.74) is 7.25. The molecule has 2 N–H and O–H groups in total. The highest BCUT2D eigenvalue weighted by atomic mass is 79.9. The zero-order valence-corrected chi connectivity index (χ0v) is 24.9. The van der Waals surface area contributed by atoms with Gasteiger partial charge in [-0.2, -0.15) is 5.10 Å². The molecular weight excluding hydrogens is 619 g/mol. The van der Waals surface area contributed by atoms with Crippen molar-refractivity contribution in [3.63, 3.8) is 0 Å². The largest absolute Gasteiger partial charge is 0.490 e. The number of amides is 1. The first kappa shape index (κ1) is 29.0. The number of aromatic nitrogens is 1. The van der Waals surface area contributed by atoms with E-state index in [1.54, 1.807) is 30.3 Å². The molecule has 1 amide bonds. The lowest BCUT2D eigenvalue weighted by atomic mass is 10.1. The molecular formula is C32H26BrFN4O3S. The van der Waals surface area contributed by atoms with Crippen LogP contribution in [0.2, 0.25) is 0 Å². The minimum Gasteiger partial charge on any atom is -0.490 e. The molecule has 0 aliphatic heterocycles. The maximum Gasteiger partial charge on any atom is 0.271 e. The molecule has 1 heterocycles. The lowest BCUT2D eigenvalue weighted by Gasteiger charge is -2.14. The number of ether oxygens (including phenoxy) is 2. The topological polar surface area (TPSA) is 84.8 Å². The summed E-state index contributed by atoms with van der Waals surface area (Å²) in [6.45, 7) is 2.55. The van der Waals surface area contributed by atoms with Crippen LogP contribution in [0.5, 0.6) is 11.5 Å². The Hall–Kier alpha value is -4.54. The van der Waals surface area contributed by atoms with Crippen molar-refractivity contribution in [2.24, 2.45) is 5.10 Å². The van der Waals surface area contributed by atoms with Crippen LogP contribution in [-0.4, -0.2) is 23.7 Å². The zero-order valence-electron chi connectivity index (χ0n) is 22.5. The molecule has 212 valence electrons. The van der Waals surface area contributed by atoms with Crippen molar-refractivity contribution >= 4 is 50.2 Å². The van der Waals surface area contributed by atoms with E-state index < -0.39 is 0 Å². The van der Waals surface area contributed by atoms with E-state index in [9.17, 15) is 9.18 Å². The summed E-state index contributed by atoms with van der Waals surface area (Å²) in [4.78, 5) is 17.3. The monoisotopic (exact) mass is 644 g/mol. The number of anilines is 2. The number of halogens is 2. The molecule has 0 spiro atoms. The third-order valence-electron chi connectivity index (χ3n) is 5.98. The van der Waals surface area contributed by atoms with E-state index >= 15 is 0 Å². The van der Waals surface area contributed by atoms with E-state index in [2.05, 4.69) is 36.8 Å². The molecule has 0 saturated heterocycles. The molecule has 42 heavy (non-hydrogen) atoms. The lowest BCUT2D eigenvalue weighted by molar-refractivity contribution is 0.0955. The van der Waals surface area contributed by atoms with Crippen LogP contribution in [0.25, 0.3) is 11.3 Å². The van der Waals surface area contributed by atoms with Crippen LogP contribution in [0.15, 0.2) is 106 Å². The van der Waals surface area contributed by atoms with E-state index in [1.165, 1.54) is 29.7 Å². The normalized spacial score (nSPS) is 10.9. The Morgan fingerprint density at radius 1 is 1.02 bits per heavy atom. The highest BCUT2D eigenvalue weighted by Crippen LogP contribution is 2.37. The number of carbonyl (C=O) groups is 1. The zero-order chi connectivity index (χ0) is 29.3. The van der Waals surface area contributed by atoms with Gasteiger partial charge in [0.15, 0.2) is 16.6 Å². The Morgan fingerprint density at radius 2 is 1.79 bits per heavy atom. The number of para-hydroxylation sites is 1. The summed E-state index contributed by atoms with van der Waals surface area (Å²) in [5, 5.41) is 10.2. The van der Waals surface area contributed by atoms with Crippen molar-refractivity contribution in [3.8, 4) is 22.8 Å². The molecule has 0 unspecified atom stereocenters. The van der Waals surface area contributed by atoms with Gasteiger partial charge in [0.1, 0.15) is 12.4 Å². The predicted octanol–water partition coefficient (Wildman–Crippen LogP) is 8.20. The van der Waals surface area contributed by atoms with E-state index in [1.807, 2.05) is 60.8 Å². The average molecular weight is 646 g/mol. The van der Waals surface area contributed by atoms with E-state index in [0.717, 1.165) is 27.6 Å². The maximum atomic E-state index is 13.2. The lowest BCUT2D eigenvalue weighted by Crippen LogP contribution is -2.17. The van der Waals surface area contributed by atoms with Gasteiger partial charge < -0.3 is 14.8 Å². The molecule has 0 aliphatic carbocycles. The summed E-state index contributed by atoms with van der Waals surface area (Å²) in [5.74, 6) is 0.391. The Kier molecular flexibility index (Phi) is 9.58. The van der Waals surface area contributed by atoms with E-state index in [-0.39, 0.29) is 18.3 Å². The van der Waals surface area contributed by atoms with Gasteiger partial charge in [-0.05, 0) is 82.5 Å². The minimum absolute atomic E-state index is 0.245. The van der Waals surface area contributed by atoms with Crippen molar-refractivity contribution in [1.29, 1.82) is 0 Å². The van der Waals surface area contributed by atoms with Gasteiger partial charge in [0.05, 0.1) is 23.0 Å². The molecule has 0 aliphatic rings. The maximum absolute atomic E-state index is 13.2. The van der Waals surface area contributed by atoms with Crippen molar-refractivity contribution in [1.82, 2.24) is 10.4 Å². The van der Waals surface area contributed by atoms with Gasteiger partial charge in [0.25, 0.3) is 5.91 Å². The summed E-state index contributed by atoms with van der Waals surface area (Å²) >= 11 is 5.05. The van der Waals surface area contributed by atoms with Gasteiger partial charge in [-0.3, -0.25) is 4.79 Å². The SMILES string of the molecule is CCOc1cc(/C=N\NC(=O)c2ccc(-c3csc(Nc4ccccc4)n3)cc2)cc(Br)c1OCc1ccc(F)cc1. The van der Waals surface area contributed by atoms with E-state index in [4.69, 9.17) is 9.47 Å². The molecule has 1 aromatic heterocycles. The molecule has 7 nitrogen and oxygen atoms in total. The first-order valence-corrected chi connectivity index (χ1v) is 14.7. The van der Waals surface area contributed by atoms with Gasteiger partial charge in [0.2, 0.25) is 0 Å². The fourth-order valence-electron chi connectivity index (χ4n) is 3.93. The van der Waals surface area contributed by atoms with Crippen LogP contribution in [0, 0.1) is 5.82 Å². The first-order chi connectivity index (χ1) is 20.5. The van der Waals surface area contributed by atoms with Crippen molar-refractivity contribution in [3.05, 3.63) is 123 Å². The number of hydrazone groups is 1. The van der Waals surface area contributed by atoms with Gasteiger partial charge >= 0.3 is 0 Å². The summed E-state index contributed by atoms with van der Waals surface area (Å²) in [7, 11) is 0. The van der Waals surface area contributed by atoms with Crippen LogP contribution in [0.4, 0.5) is 15.2 Å². The Balaban J connectivity index is 1.20. The average Bonchev–Trinajstić information content (AvgIpc) is 3.47. The summed E-state index contributed by atoms with van der Waals surface area (Å²) in [6.07, 6.45) is 1.53. The van der Waals surface area contributed by atoms with Crippen LogP contribution in [-0.2, 0) is 6.61 Å². The molecule has 0 atom stereocenters. The van der Waals surface area contributed by atoms with Gasteiger partial charge in [0, 0.05) is 22.2 Å². The molecule has 5 aromatic rings. The summed E-state index contributed by atoms with van der Waals surface area (Å²) < 4.78 is 25.6. The second-order valence-corrected chi connectivity index (χ2v) is 10.7. The molecule has 0 bridgehead atoms. The summed E-state index contributed by atoms with van der Waals surface area (Å²) in [6, 6.07) is 26.7. The van der Waals surface area contributed by atoms with Gasteiger partial charge in [-0.15, -0.1) is 11.3 Å². The fraction of sp³-hybridized carbons (Fsp3) is 0.0938. The Morgan fingerprint density at radius 3 is 2.52 bits per heavy atom. The number of hydrogen-bond donors (Lipinski definition) is 2. The van der Waals surface area contributed by atoms with Crippen molar-refractivity contribution in [2.45, 2.75) is 13.5 Å². The van der Waals surface area contributed by atoms with Crippen molar-refractivity contribution < 1.29 is 18.7 Å². The highest BCUT2D eigenvalue weighted by Gasteiger charge is 2.13. The van der Waals surface area contributed by atoms with Crippen LogP contribution in [0.3, 0.4) is 0 Å². The second kappa shape index (κ2) is 13.9. The molecule has 0 fully saturated rings. The molecule has 10 heteroatoms. The van der Waals surface area contributed by atoms with E-state index in [0.29, 0.717) is 33.7 Å². The fourth-order valence-corrected chi connectivity index (χ4v) is 5.25. The Bertz CT molecular complexity index is 1680. The highest BCUT2D eigenvalue weighted by molar-refractivity contribution is 9.10. The number of hydrogen-bond acceptors (Lipinski definition) is 7. The van der Waals surface area contributed by atoms with Crippen LogP contribution < -0.4 is 20.2 Å². The van der Waals surface area contributed by atoms with Gasteiger partial charge in [-0.1, -0.05) is 42.5 Å². The number of rotatable bonds is 11. The third kappa shape index (κ3) is 7.59. The van der Waals surface area contributed by atoms with Crippen LogP contribution >= 0.6 is 27.3 Å². The molecule has 5 rings (SSSR count). The molecule has 0 saturated carbocycles. The smallest absolute Gasteiger partial charge is 0.271 e. The predicted molar refractivity (Wildman–Crippen MR) is 168 cm³/mol.